The van der Waals surface area contributed by atoms with Crippen LogP contribution in [0.3, 0.4) is 0 Å². The Kier molecular flexibility index (Phi) is 3.19. The van der Waals surface area contributed by atoms with Gasteiger partial charge < -0.3 is 5.11 Å². The minimum Gasteiger partial charge on any atom is -0.385 e. The number of nitro groups is 1. The predicted octanol–water partition coefficient (Wildman–Crippen LogP) is 2.60. The second-order valence-corrected chi connectivity index (χ2v) is 3.33. The summed E-state index contributed by atoms with van der Waals surface area (Å²) >= 11 is 0. The molecule has 1 rings (SSSR count). The first kappa shape index (κ1) is 10.7. The standard InChI is InChI=1S/C10H12NO3/c1-7(2)9-5-3-4-8(6-12)10(9)11(13)14/h3-7,12H,1-2H3. The average Bonchev–Trinajstić information content (AvgIpc) is 2.16. The monoisotopic (exact) mass is 194 g/mol. The molecule has 0 saturated heterocycles. The lowest BCUT2D eigenvalue weighted by molar-refractivity contribution is -0.386. The lowest BCUT2D eigenvalue weighted by Crippen LogP contribution is -2.01. The third-order valence-electron chi connectivity index (χ3n) is 2.04. The molecule has 0 spiro atoms. The molecule has 0 aliphatic carbocycles. The number of aliphatic hydroxyl groups excluding tert-OH is 1. The number of benzene rings is 1. The number of nitrogens with zero attached hydrogens (tertiary/aromatic N) is 1. The third-order valence-corrected chi connectivity index (χ3v) is 2.04. The molecule has 0 unspecified atom stereocenters. The zero-order valence-corrected chi connectivity index (χ0v) is 8.10. The van der Waals surface area contributed by atoms with Crippen molar-refractivity contribution in [2.45, 2.75) is 19.8 Å². The molecule has 1 radical (unpaired) electrons. The maximum atomic E-state index is 10.8. The summed E-state index contributed by atoms with van der Waals surface area (Å²) in [6.45, 7) is 4.52. The molecule has 1 aromatic carbocycles. The molecular formula is C10H12NO3. The summed E-state index contributed by atoms with van der Waals surface area (Å²) in [4.78, 5) is 10.3. The Labute approximate surface area is 82.3 Å². The number of para-hydroxylation sites is 1. The minimum absolute atomic E-state index is 0.00926. The fourth-order valence-corrected chi connectivity index (χ4v) is 1.36. The van der Waals surface area contributed by atoms with Gasteiger partial charge in [-0.2, -0.15) is 0 Å². The van der Waals surface area contributed by atoms with Gasteiger partial charge in [0.1, 0.15) is 6.61 Å². The molecule has 75 valence electrons. The summed E-state index contributed by atoms with van der Waals surface area (Å²) in [5, 5.41) is 19.6. The van der Waals surface area contributed by atoms with Crippen LogP contribution in [0.1, 0.15) is 30.9 Å². The highest BCUT2D eigenvalue weighted by Crippen LogP contribution is 2.29. The van der Waals surface area contributed by atoms with Gasteiger partial charge in [0.2, 0.25) is 0 Å². The van der Waals surface area contributed by atoms with Crippen molar-refractivity contribution in [1.29, 1.82) is 0 Å². The average molecular weight is 194 g/mol. The van der Waals surface area contributed by atoms with Crippen LogP contribution in [0.4, 0.5) is 5.69 Å². The highest BCUT2D eigenvalue weighted by molar-refractivity contribution is 5.51. The van der Waals surface area contributed by atoms with E-state index in [-0.39, 0.29) is 17.2 Å². The Morgan fingerprint density at radius 3 is 2.57 bits per heavy atom. The Bertz CT molecular complexity index is 347. The van der Waals surface area contributed by atoms with E-state index in [2.05, 4.69) is 0 Å². The molecule has 0 fully saturated rings. The molecule has 1 N–H and O–H groups in total. The molecule has 0 aliphatic rings. The van der Waals surface area contributed by atoms with E-state index in [1.54, 1.807) is 12.1 Å². The van der Waals surface area contributed by atoms with E-state index in [1.165, 1.54) is 6.07 Å². The van der Waals surface area contributed by atoms with Gasteiger partial charge in [-0.3, -0.25) is 10.1 Å². The SMILES string of the molecule is CC(C)c1cccc([CH]O)c1[N+](=O)[O-]. The van der Waals surface area contributed by atoms with Crippen LogP contribution in [0, 0.1) is 16.7 Å². The van der Waals surface area contributed by atoms with Crippen LogP contribution in [-0.4, -0.2) is 10.0 Å². The highest BCUT2D eigenvalue weighted by Gasteiger charge is 2.20. The summed E-state index contributed by atoms with van der Waals surface area (Å²) in [6.07, 6.45) is 0. The molecule has 0 aromatic heterocycles. The van der Waals surface area contributed by atoms with Gasteiger partial charge in [-0.25, -0.2) is 0 Å². The molecule has 4 nitrogen and oxygen atoms in total. The van der Waals surface area contributed by atoms with Crippen molar-refractivity contribution in [3.05, 3.63) is 46.0 Å². The molecule has 0 aliphatic heterocycles. The summed E-state index contributed by atoms with van der Waals surface area (Å²) in [5.74, 6) is 0.0651. The molecular weight excluding hydrogens is 182 g/mol. The van der Waals surface area contributed by atoms with E-state index in [9.17, 15) is 10.1 Å². The molecule has 0 atom stereocenters. The maximum Gasteiger partial charge on any atom is 0.278 e. The fraction of sp³-hybridized carbons (Fsp3) is 0.300. The quantitative estimate of drug-likeness (QED) is 0.594. The van der Waals surface area contributed by atoms with Crippen molar-refractivity contribution in [3.63, 3.8) is 0 Å². The molecule has 1 aromatic rings. The largest absolute Gasteiger partial charge is 0.385 e. The van der Waals surface area contributed by atoms with Crippen LogP contribution in [0.25, 0.3) is 0 Å². The van der Waals surface area contributed by atoms with E-state index in [0.29, 0.717) is 5.56 Å². The van der Waals surface area contributed by atoms with E-state index < -0.39 is 4.92 Å². The van der Waals surface area contributed by atoms with Gasteiger partial charge in [-0.05, 0) is 12.0 Å². The smallest absolute Gasteiger partial charge is 0.278 e. The van der Waals surface area contributed by atoms with Gasteiger partial charge >= 0.3 is 0 Å². The maximum absolute atomic E-state index is 10.8. The fourth-order valence-electron chi connectivity index (χ4n) is 1.36. The second-order valence-electron chi connectivity index (χ2n) is 3.33. The van der Waals surface area contributed by atoms with Crippen molar-refractivity contribution >= 4 is 5.69 Å². The zero-order valence-electron chi connectivity index (χ0n) is 8.10. The zero-order chi connectivity index (χ0) is 10.7. The molecule has 4 heteroatoms. The van der Waals surface area contributed by atoms with Crippen molar-refractivity contribution in [3.8, 4) is 0 Å². The third kappa shape index (κ3) is 1.90. The van der Waals surface area contributed by atoms with Crippen LogP contribution < -0.4 is 0 Å². The first-order chi connectivity index (χ1) is 6.57. The van der Waals surface area contributed by atoms with E-state index >= 15 is 0 Å². The first-order valence-electron chi connectivity index (χ1n) is 4.32. The van der Waals surface area contributed by atoms with Gasteiger partial charge in [0, 0.05) is 5.56 Å². The highest BCUT2D eigenvalue weighted by atomic mass is 16.6. The summed E-state index contributed by atoms with van der Waals surface area (Å²) in [6, 6.07) is 4.92. The number of rotatable bonds is 3. The van der Waals surface area contributed by atoms with Gasteiger partial charge in [-0.15, -0.1) is 0 Å². The summed E-state index contributed by atoms with van der Waals surface area (Å²) in [5.41, 5.74) is 0.879. The normalized spacial score (nSPS) is 10.6. The van der Waals surface area contributed by atoms with Crippen molar-refractivity contribution in [1.82, 2.24) is 0 Å². The van der Waals surface area contributed by atoms with Crippen LogP contribution in [-0.2, 0) is 0 Å². The van der Waals surface area contributed by atoms with Crippen LogP contribution >= 0.6 is 0 Å². The lowest BCUT2D eigenvalue weighted by Gasteiger charge is -2.08. The van der Waals surface area contributed by atoms with Gasteiger partial charge in [0.15, 0.2) is 0 Å². The van der Waals surface area contributed by atoms with Crippen LogP contribution in [0.5, 0.6) is 0 Å². The summed E-state index contributed by atoms with van der Waals surface area (Å²) in [7, 11) is 0. The van der Waals surface area contributed by atoms with Crippen LogP contribution in [0.2, 0.25) is 0 Å². The molecule has 0 saturated carbocycles. The Morgan fingerprint density at radius 2 is 2.14 bits per heavy atom. The molecule has 0 bridgehead atoms. The van der Waals surface area contributed by atoms with Crippen LogP contribution in [0.15, 0.2) is 18.2 Å². The second kappa shape index (κ2) is 4.19. The number of hydrogen-bond acceptors (Lipinski definition) is 3. The number of hydrogen-bond donors (Lipinski definition) is 1. The van der Waals surface area contributed by atoms with E-state index in [1.807, 2.05) is 13.8 Å². The predicted molar refractivity (Wildman–Crippen MR) is 52.5 cm³/mol. The molecule has 0 heterocycles. The van der Waals surface area contributed by atoms with E-state index in [0.717, 1.165) is 6.61 Å². The number of nitro benzene ring substituents is 1. The van der Waals surface area contributed by atoms with Crippen molar-refractivity contribution in [2.75, 3.05) is 0 Å². The van der Waals surface area contributed by atoms with E-state index in [4.69, 9.17) is 5.11 Å². The number of aliphatic hydroxyl groups is 1. The van der Waals surface area contributed by atoms with Crippen molar-refractivity contribution < 1.29 is 10.0 Å². The first-order valence-corrected chi connectivity index (χ1v) is 4.32. The summed E-state index contributed by atoms with van der Waals surface area (Å²) < 4.78 is 0. The van der Waals surface area contributed by atoms with Crippen molar-refractivity contribution in [2.24, 2.45) is 0 Å². The molecule has 14 heavy (non-hydrogen) atoms. The van der Waals surface area contributed by atoms with Gasteiger partial charge in [-0.1, -0.05) is 26.0 Å². The van der Waals surface area contributed by atoms with Gasteiger partial charge in [0.25, 0.3) is 5.69 Å². The minimum atomic E-state index is -0.461. The van der Waals surface area contributed by atoms with Gasteiger partial charge in [0.05, 0.1) is 10.5 Å². The Balaban J connectivity index is 3.35. The molecule has 0 amide bonds. The topological polar surface area (TPSA) is 63.4 Å². The Morgan fingerprint density at radius 1 is 1.50 bits per heavy atom. The lowest BCUT2D eigenvalue weighted by atomic mass is 9.98. The Hall–Kier alpha value is -1.42.